The Hall–Kier alpha value is -3.26. The van der Waals surface area contributed by atoms with E-state index in [1.807, 2.05) is 36.4 Å². The molecule has 0 amide bonds. The van der Waals surface area contributed by atoms with Crippen molar-refractivity contribution in [1.82, 2.24) is 15.4 Å². The van der Waals surface area contributed by atoms with Crippen LogP contribution in [0.3, 0.4) is 0 Å². The van der Waals surface area contributed by atoms with Crippen LogP contribution in [-0.2, 0) is 24.2 Å². The summed E-state index contributed by atoms with van der Waals surface area (Å²) in [7, 11) is 0. The molecule has 7 nitrogen and oxygen atoms in total. The largest absolute Gasteiger partial charge is 0.451 e. The minimum absolute atomic E-state index is 0.0863. The van der Waals surface area contributed by atoms with Crippen LogP contribution in [0.1, 0.15) is 51.5 Å². The average Bonchev–Trinajstić information content (AvgIpc) is 3.55. The zero-order valence-electron chi connectivity index (χ0n) is 18.0. The molecular weight excluding hydrogens is 426 g/mol. The summed E-state index contributed by atoms with van der Waals surface area (Å²) >= 11 is 1.53. The SMILES string of the molecule is CCC1CCc2sc(C(=O)OCc3nnc(-c4c(-c5ccccc5)noc4C)o3)cc2C1. The fraction of sp³-hybridized carbons (Fsp3) is 0.333. The van der Waals surface area contributed by atoms with Gasteiger partial charge in [0, 0.05) is 10.4 Å². The van der Waals surface area contributed by atoms with Crippen LogP contribution in [0.5, 0.6) is 0 Å². The molecule has 0 saturated carbocycles. The number of esters is 1. The van der Waals surface area contributed by atoms with Gasteiger partial charge in [-0.15, -0.1) is 21.5 Å². The highest BCUT2D eigenvalue weighted by molar-refractivity contribution is 7.14. The molecule has 1 aliphatic rings. The Morgan fingerprint density at radius 2 is 2.09 bits per heavy atom. The number of carbonyl (C=O) groups excluding carboxylic acids is 1. The topological polar surface area (TPSA) is 91.2 Å². The molecule has 0 fully saturated rings. The number of rotatable bonds is 6. The van der Waals surface area contributed by atoms with Crippen molar-refractivity contribution in [2.75, 3.05) is 0 Å². The van der Waals surface area contributed by atoms with E-state index in [1.165, 1.54) is 34.6 Å². The van der Waals surface area contributed by atoms with E-state index in [4.69, 9.17) is 13.7 Å². The number of hydrogen-bond donors (Lipinski definition) is 0. The number of aryl methyl sites for hydroxylation is 2. The van der Waals surface area contributed by atoms with Gasteiger partial charge in [0.25, 0.3) is 11.8 Å². The van der Waals surface area contributed by atoms with Gasteiger partial charge in [0.2, 0.25) is 0 Å². The lowest BCUT2D eigenvalue weighted by atomic mass is 9.87. The molecule has 0 saturated heterocycles. The molecule has 0 spiro atoms. The number of carbonyl (C=O) groups is 1. The zero-order chi connectivity index (χ0) is 22.1. The summed E-state index contributed by atoms with van der Waals surface area (Å²) in [6, 6.07) is 11.6. The van der Waals surface area contributed by atoms with Crippen LogP contribution in [0, 0.1) is 12.8 Å². The molecular formula is C24H23N3O4S. The summed E-state index contributed by atoms with van der Waals surface area (Å²) in [6.07, 6.45) is 4.45. The Balaban J connectivity index is 1.29. The van der Waals surface area contributed by atoms with Crippen LogP contribution < -0.4 is 0 Å². The van der Waals surface area contributed by atoms with E-state index in [1.54, 1.807) is 6.92 Å². The van der Waals surface area contributed by atoms with E-state index >= 15 is 0 Å². The lowest BCUT2D eigenvalue weighted by Gasteiger charge is -2.19. The van der Waals surface area contributed by atoms with E-state index in [-0.39, 0.29) is 24.4 Å². The van der Waals surface area contributed by atoms with Crippen LogP contribution in [0.2, 0.25) is 0 Å². The standard InChI is InChI=1S/C24H23N3O4S/c1-3-15-9-10-18-17(11-15)12-19(32-18)24(28)29-13-20-25-26-23(30-20)21-14(2)31-27-22(21)16-7-5-4-6-8-16/h4-8,12,15H,3,9-11,13H2,1-2H3. The smallest absolute Gasteiger partial charge is 0.348 e. The van der Waals surface area contributed by atoms with Crippen molar-refractivity contribution < 1.29 is 18.5 Å². The van der Waals surface area contributed by atoms with Crippen molar-refractivity contribution in [3.8, 4) is 22.7 Å². The predicted molar refractivity (Wildman–Crippen MR) is 119 cm³/mol. The number of nitrogens with zero attached hydrogens (tertiary/aromatic N) is 3. The van der Waals surface area contributed by atoms with Crippen molar-refractivity contribution in [2.24, 2.45) is 5.92 Å². The minimum Gasteiger partial charge on any atom is -0.451 e. The first-order chi connectivity index (χ1) is 15.6. The number of thiophene rings is 1. The highest BCUT2D eigenvalue weighted by atomic mass is 32.1. The Morgan fingerprint density at radius 1 is 1.25 bits per heavy atom. The summed E-state index contributed by atoms with van der Waals surface area (Å²) < 4.78 is 16.6. The molecule has 0 N–H and O–H groups in total. The third-order valence-electron chi connectivity index (χ3n) is 5.88. The van der Waals surface area contributed by atoms with Crippen molar-refractivity contribution >= 4 is 17.3 Å². The van der Waals surface area contributed by atoms with Gasteiger partial charge in [0.1, 0.15) is 21.9 Å². The first-order valence-electron chi connectivity index (χ1n) is 10.8. The first kappa shape index (κ1) is 20.6. The van der Waals surface area contributed by atoms with E-state index in [0.717, 1.165) is 18.4 Å². The second kappa shape index (κ2) is 8.70. The minimum atomic E-state index is -0.358. The maximum atomic E-state index is 12.6. The Kier molecular flexibility index (Phi) is 5.61. The maximum absolute atomic E-state index is 12.6. The van der Waals surface area contributed by atoms with E-state index < -0.39 is 0 Å². The highest BCUT2D eigenvalue weighted by Crippen LogP contribution is 2.35. The Labute approximate surface area is 189 Å². The zero-order valence-corrected chi connectivity index (χ0v) is 18.8. The van der Waals surface area contributed by atoms with Gasteiger partial charge in [0.05, 0.1) is 0 Å². The van der Waals surface area contributed by atoms with Gasteiger partial charge < -0.3 is 13.7 Å². The number of aromatic nitrogens is 3. The molecule has 1 atom stereocenters. The van der Waals surface area contributed by atoms with Crippen molar-refractivity contribution in [2.45, 2.75) is 46.1 Å². The van der Waals surface area contributed by atoms with Gasteiger partial charge in [-0.1, -0.05) is 48.8 Å². The van der Waals surface area contributed by atoms with Crippen LogP contribution in [0.25, 0.3) is 22.7 Å². The Morgan fingerprint density at radius 3 is 2.91 bits per heavy atom. The molecule has 0 bridgehead atoms. The van der Waals surface area contributed by atoms with E-state index in [9.17, 15) is 4.79 Å². The maximum Gasteiger partial charge on any atom is 0.348 e. The lowest BCUT2D eigenvalue weighted by Crippen LogP contribution is -2.10. The number of hydrogen-bond acceptors (Lipinski definition) is 8. The third kappa shape index (κ3) is 3.98. The van der Waals surface area contributed by atoms with E-state index in [0.29, 0.717) is 27.8 Å². The van der Waals surface area contributed by atoms with Gasteiger partial charge in [-0.2, -0.15) is 0 Å². The molecule has 4 aromatic rings. The third-order valence-corrected chi connectivity index (χ3v) is 7.10. The van der Waals surface area contributed by atoms with Crippen LogP contribution in [0.15, 0.2) is 45.3 Å². The van der Waals surface area contributed by atoms with Gasteiger partial charge in [-0.3, -0.25) is 0 Å². The number of ether oxygens (including phenoxy) is 1. The summed E-state index contributed by atoms with van der Waals surface area (Å²) in [5.41, 5.74) is 3.44. The van der Waals surface area contributed by atoms with Crippen LogP contribution in [-0.4, -0.2) is 21.3 Å². The highest BCUT2D eigenvalue weighted by Gasteiger charge is 2.24. The number of fused-ring (bicyclic) bond motifs is 1. The Bertz CT molecular complexity index is 1240. The summed E-state index contributed by atoms with van der Waals surface area (Å²) in [6.45, 7) is 3.93. The molecule has 5 rings (SSSR count). The van der Waals surface area contributed by atoms with Gasteiger partial charge in [-0.05, 0) is 43.7 Å². The van der Waals surface area contributed by atoms with Crippen LogP contribution >= 0.6 is 11.3 Å². The van der Waals surface area contributed by atoms with Crippen molar-refractivity contribution in [1.29, 1.82) is 0 Å². The molecule has 0 radical (unpaired) electrons. The monoisotopic (exact) mass is 449 g/mol. The van der Waals surface area contributed by atoms with Crippen LogP contribution in [0.4, 0.5) is 0 Å². The van der Waals surface area contributed by atoms with Gasteiger partial charge in [-0.25, -0.2) is 4.79 Å². The first-order valence-corrected chi connectivity index (χ1v) is 11.6. The lowest BCUT2D eigenvalue weighted by molar-refractivity contribution is 0.0444. The predicted octanol–water partition coefficient (Wildman–Crippen LogP) is 5.63. The number of benzene rings is 1. The fourth-order valence-electron chi connectivity index (χ4n) is 4.08. The summed E-state index contributed by atoms with van der Waals surface area (Å²) in [4.78, 5) is 14.5. The van der Waals surface area contributed by atoms with Gasteiger partial charge in [0.15, 0.2) is 6.61 Å². The average molecular weight is 450 g/mol. The quantitative estimate of drug-likeness (QED) is 0.352. The molecule has 3 aromatic heterocycles. The molecule has 0 aliphatic heterocycles. The van der Waals surface area contributed by atoms with Gasteiger partial charge >= 0.3 is 5.97 Å². The molecule has 164 valence electrons. The normalized spacial score (nSPS) is 15.5. The van der Waals surface area contributed by atoms with Crippen molar-refractivity contribution in [3.63, 3.8) is 0 Å². The molecule has 1 aromatic carbocycles. The second-order valence-electron chi connectivity index (χ2n) is 7.98. The molecule has 8 heteroatoms. The summed E-state index contributed by atoms with van der Waals surface area (Å²) in [5, 5.41) is 12.3. The molecule has 3 heterocycles. The second-order valence-corrected chi connectivity index (χ2v) is 9.12. The van der Waals surface area contributed by atoms with Crippen molar-refractivity contribution in [3.05, 3.63) is 63.4 Å². The molecule has 32 heavy (non-hydrogen) atoms. The molecule has 1 unspecified atom stereocenters. The van der Waals surface area contributed by atoms with E-state index in [2.05, 4.69) is 22.3 Å². The molecule has 1 aliphatic carbocycles. The summed E-state index contributed by atoms with van der Waals surface area (Å²) in [5.74, 6) is 1.43. The fourth-order valence-corrected chi connectivity index (χ4v) is 5.18.